The number of likely N-dealkylation sites (N-methyl/N-ethyl adjacent to an activating group) is 1. The second-order valence-corrected chi connectivity index (χ2v) is 4.29. The van der Waals surface area contributed by atoms with Gasteiger partial charge in [0.25, 0.3) is 0 Å². The van der Waals surface area contributed by atoms with Crippen molar-refractivity contribution in [2.75, 3.05) is 18.5 Å². The maximum absolute atomic E-state index is 12.1. The van der Waals surface area contributed by atoms with Crippen LogP contribution < -0.4 is 10.2 Å². The molecule has 3 nitrogen and oxygen atoms in total. The van der Waals surface area contributed by atoms with E-state index in [9.17, 15) is 4.79 Å². The third-order valence-corrected chi connectivity index (χ3v) is 3.19. The summed E-state index contributed by atoms with van der Waals surface area (Å²) in [7, 11) is 1.78. The molecule has 0 radical (unpaired) electrons. The average molecular weight is 239 g/mol. The predicted octanol–water partition coefficient (Wildman–Crippen LogP) is 2.36. The summed E-state index contributed by atoms with van der Waals surface area (Å²) >= 11 is 6.16. The molecule has 0 spiro atoms. The lowest BCUT2D eigenvalue weighted by Crippen LogP contribution is -2.33. The van der Waals surface area contributed by atoms with E-state index in [0.717, 1.165) is 24.2 Å². The largest absolute Gasteiger partial charge is 0.310 e. The standard InChI is InChI=1S/C12H15ClN2O/c1-3-7-15-9-6-4-5-8(13)10(9)11(14-2)12(15)16/h4-6,11,14H,3,7H2,1-2H3. The Morgan fingerprint density at radius 1 is 1.50 bits per heavy atom. The third-order valence-electron chi connectivity index (χ3n) is 2.86. The molecule has 0 aromatic heterocycles. The van der Waals surface area contributed by atoms with E-state index in [1.807, 2.05) is 23.1 Å². The molecular formula is C12H15ClN2O. The summed E-state index contributed by atoms with van der Waals surface area (Å²) in [6, 6.07) is 5.37. The van der Waals surface area contributed by atoms with E-state index in [2.05, 4.69) is 12.2 Å². The Hall–Kier alpha value is -1.06. The van der Waals surface area contributed by atoms with Crippen molar-refractivity contribution in [1.29, 1.82) is 0 Å². The second kappa shape index (κ2) is 4.44. The van der Waals surface area contributed by atoms with Gasteiger partial charge in [-0.15, -0.1) is 0 Å². The number of hydrogen-bond acceptors (Lipinski definition) is 2. The fourth-order valence-corrected chi connectivity index (χ4v) is 2.45. The fraction of sp³-hybridized carbons (Fsp3) is 0.417. The van der Waals surface area contributed by atoms with Crippen LogP contribution in [0.4, 0.5) is 5.69 Å². The van der Waals surface area contributed by atoms with E-state index in [1.54, 1.807) is 7.05 Å². The Morgan fingerprint density at radius 2 is 2.25 bits per heavy atom. The van der Waals surface area contributed by atoms with Crippen molar-refractivity contribution in [3.05, 3.63) is 28.8 Å². The third kappa shape index (κ3) is 1.60. The van der Waals surface area contributed by atoms with Gasteiger partial charge in [-0.25, -0.2) is 0 Å². The summed E-state index contributed by atoms with van der Waals surface area (Å²) in [4.78, 5) is 13.9. The van der Waals surface area contributed by atoms with Gasteiger partial charge in [0.2, 0.25) is 5.91 Å². The molecule has 0 saturated carbocycles. The number of hydrogen-bond donors (Lipinski definition) is 1. The van der Waals surface area contributed by atoms with Crippen LogP contribution >= 0.6 is 11.6 Å². The Labute approximate surface area is 100 Å². The number of halogens is 1. The molecule has 0 aliphatic carbocycles. The molecule has 1 aromatic carbocycles. The van der Waals surface area contributed by atoms with E-state index in [-0.39, 0.29) is 11.9 Å². The number of fused-ring (bicyclic) bond motifs is 1. The molecule has 1 unspecified atom stereocenters. The first-order valence-electron chi connectivity index (χ1n) is 5.47. The number of amides is 1. The van der Waals surface area contributed by atoms with Crippen molar-refractivity contribution in [3.63, 3.8) is 0 Å². The van der Waals surface area contributed by atoms with Crippen LogP contribution in [-0.2, 0) is 4.79 Å². The molecule has 86 valence electrons. The van der Waals surface area contributed by atoms with E-state index in [1.165, 1.54) is 0 Å². The highest BCUT2D eigenvalue weighted by Gasteiger charge is 2.37. The smallest absolute Gasteiger partial charge is 0.248 e. The summed E-state index contributed by atoms with van der Waals surface area (Å²) in [6.45, 7) is 2.80. The van der Waals surface area contributed by atoms with Crippen molar-refractivity contribution in [2.45, 2.75) is 19.4 Å². The minimum absolute atomic E-state index is 0.0902. The Kier molecular flexibility index (Phi) is 3.17. The first-order chi connectivity index (χ1) is 7.70. The van der Waals surface area contributed by atoms with Gasteiger partial charge in [0, 0.05) is 17.1 Å². The van der Waals surface area contributed by atoms with Crippen molar-refractivity contribution >= 4 is 23.2 Å². The molecule has 0 fully saturated rings. The Bertz CT molecular complexity index is 419. The Balaban J connectivity index is 2.50. The lowest BCUT2D eigenvalue weighted by atomic mass is 10.1. The molecule has 2 rings (SSSR count). The maximum atomic E-state index is 12.1. The minimum atomic E-state index is -0.296. The molecule has 1 atom stereocenters. The van der Waals surface area contributed by atoms with Crippen LogP contribution in [0.3, 0.4) is 0 Å². The van der Waals surface area contributed by atoms with Crippen LogP contribution in [-0.4, -0.2) is 19.5 Å². The number of anilines is 1. The molecule has 1 aromatic rings. The van der Waals surface area contributed by atoms with Crippen molar-refractivity contribution in [2.24, 2.45) is 0 Å². The van der Waals surface area contributed by atoms with Crippen LogP contribution in [0.5, 0.6) is 0 Å². The normalized spacial score (nSPS) is 19.1. The van der Waals surface area contributed by atoms with Crippen LogP contribution in [0.15, 0.2) is 18.2 Å². The zero-order valence-corrected chi connectivity index (χ0v) is 10.2. The van der Waals surface area contributed by atoms with Crippen LogP contribution in [0.1, 0.15) is 24.9 Å². The molecule has 16 heavy (non-hydrogen) atoms. The monoisotopic (exact) mass is 238 g/mol. The van der Waals surface area contributed by atoms with Gasteiger partial charge in [-0.1, -0.05) is 24.6 Å². The van der Waals surface area contributed by atoms with Crippen molar-refractivity contribution in [3.8, 4) is 0 Å². The zero-order chi connectivity index (χ0) is 11.7. The van der Waals surface area contributed by atoms with Gasteiger partial charge in [-0.3, -0.25) is 4.79 Å². The summed E-state index contributed by atoms with van der Waals surface area (Å²) in [6.07, 6.45) is 0.939. The van der Waals surface area contributed by atoms with E-state index in [4.69, 9.17) is 11.6 Å². The number of benzene rings is 1. The number of rotatable bonds is 3. The number of nitrogens with zero attached hydrogens (tertiary/aromatic N) is 1. The predicted molar refractivity (Wildman–Crippen MR) is 65.9 cm³/mol. The molecule has 1 heterocycles. The van der Waals surface area contributed by atoms with Gasteiger partial charge in [-0.2, -0.15) is 0 Å². The van der Waals surface area contributed by atoms with Gasteiger partial charge >= 0.3 is 0 Å². The molecular weight excluding hydrogens is 224 g/mol. The lowest BCUT2D eigenvalue weighted by molar-refractivity contribution is -0.119. The topological polar surface area (TPSA) is 32.3 Å². The highest BCUT2D eigenvalue weighted by atomic mass is 35.5. The molecule has 1 N–H and O–H groups in total. The summed E-state index contributed by atoms with van der Waals surface area (Å²) in [5.41, 5.74) is 1.85. The number of carbonyl (C=O) groups excluding carboxylic acids is 1. The van der Waals surface area contributed by atoms with Gasteiger partial charge in [0.05, 0.1) is 5.69 Å². The number of nitrogens with one attached hydrogen (secondary N) is 1. The van der Waals surface area contributed by atoms with Gasteiger partial charge in [-0.05, 0) is 25.6 Å². The van der Waals surface area contributed by atoms with E-state index < -0.39 is 0 Å². The zero-order valence-electron chi connectivity index (χ0n) is 9.46. The number of carbonyl (C=O) groups is 1. The van der Waals surface area contributed by atoms with Gasteiger partial charge in [0.1, 0.15) is 6.04 Å². The lowest BCUT2D eigenvalue weighted by Gasteiger charge is -2.16. The molecule has 1 amide bonds. The van der Waals surface area contributed by atoms with E-state index in [0.29, 0.717) is 5.02 Å². The summed E-state index contributed by atoms with van der Waals surface area (Å²) in [5, 5.41) is 3.68. The van der Waals surface area contributed by atoms with E-state index >= 15 is 0 Å². The summed E-state index contributed by atoms with van der Waals surface area (Å²) < 4.78 is 0. The first kappa shape index (κ1) is 11.4. The first-order valence-corrected chi connectivity index (χ1v) is 5.85. The maximum Gasteiger partial charge on any atom is 0.248 e. The highest BCUT2D eigenvalue weighted by Crippen LogP contribution is 2.40. The van der Waals surface area contributed by atoms with Crippen LogP contribution in [0, 0.1) is 0 Å². The van der Waals surface area contributed by atoms with Crippen molar-refractivity contribution < 1.29 is 4.79 Å². The second-order valence-electron chi connectivity index (χ2n) is 3.88. The van der Waals surface area contributed by atoms with Gasteiger partial charge in [0.15, 0.2) is 0 Å². The SMILES string of the molecule is CCCN1C(=O)C(NC)c2c(Cl)cccc21. The Morgan fingerprint density at radius 3 is 2.88 bits per heavy atom. The molecule has 1 aliphatic heterocycles. The molecule has 0 bridgehead atoms. The van der Waals surface area contributed by atoms with Crippen LogP contribution in [0.25, 0.3) is 0 Å². The fourth-order valence-electron chi connectivity index (χ4n) is 2.17. The summed E-state index contributed by atoms with van der Waals surface area (Å²) in [5.74, 6) is 0.0902. The quantitative estimate of drug-likeness (QED) is 0.877. The molecule has 1 aliphatic rings. The van der Waals surface area contributed by atoms with Crippen molar-refractivity contribution in [1.82, 2.24) is 5.32 Å². The average Bonchev–Trinajstić information content (AvgIpc) is 2.54. The van der Waals surface area contributed by atoms with Crippen LogP contribution in [0.2, 0.25) is 5.02 Å². The minimum Gasteiger partial charge on any atom is -0.310 e. The molecule has 4 heteroatoms. The van der Waals surface area contributed by atoms with Gasteiger partial charge < -0.3 is 10.2 Å². The highest BCUT2D eigenvalue weighted by molar-refractivity contribution is 6.32. The molecule has 0 saturated heterocycles.